The van der Waals surface area contributed by atoms with E-state index in [4.69, 9.17) is 5.73 Å². The molecule has 16 heavy (non-hydrogen) atoms. The fourth-order valence-corrected chi connectivity index (χ4v) is 1.48. The third-order valence-electron chi connectivity index (χ3n) is 2.68. The summed E-state index contributed by atoms with van der Waals surface area (Å²) in [6.45, 7) is 9.17. The zero-order valence-electron chi connectivity index (χ0n) is 10.1. The van der Waals surface area contributed by atoms with Gasteiger partial charge in [-0.2, -0.15) is 0 Å². The highest BCUT2D eigenvalue weighted by Crippen LogP contribution is 2.24. The number of carbonyl (C=O) groups is 1. The molecular weight excluding hydrogens is 224 g/mol. The van der Waals surface area contributed by atoms with Gasteiger partial charge in [-0.15, -0.1) is 10.2 Å². The van der Waals surface area contributed by atoms with Crippen LogP contribution in [0.4, 0.5) is 5.13 Å². The lowest BCUT2D eigenvalue weighted by Crippen LogP contribution is -2.33. The van der Waals surface area contributed by atoms with E-state index in [1.807, 2.05) is 0 Å². The Morgan fingerprint density at radius 3 is 2.56 bits per heavy atom. The van der Waals surface area contributed by atoms with Crippen molar-refractivity contribution in [2.75, 3.05) is 12.3 Å². The summed E-state index contributed by atoms with van der Waals surface area (Å²) in [4.78, 5) is 11.6. The average Bonchev–Trinajstić information content (AvgIpc) is 2.59. The summed E-state index contributed by atoms with van der Waals surface area (Å²) in [5, 5.41) is 10.8. The van der Waals surface area contributed by atoms with E-state index in [9.17, 15) is 4.79 Å². The number of nitrogen functional groups attached to an aromatic ring is 1. The Balaban J connectivity index is 2.48. The van der Waals surface area contributed by atoms with Gasteiger partial charge in [0, 0.05) is 6.54 Å². The first-order valence-corrected chi connectivity index (χ1v) is 5.99. The molecule has 0 spiro atoms. The molecule has 1 atom stereocenters. The minimum Gasteiger partial charge on any atom is -0.374 e. The summed E-state index contributed by atoms with van der Waals surface area (Å²) in [6, 6.07) is 0. The molecule has 1 aromatic heterocycles. The molecule has 90 valence electrons. The number of nitrogens with two attached hydrogens (primary N) is 1. The number of carbonyl (C=O) groups excluding carboxylic acids is 1. The molecule has 5 nitrogen and oxygen atoms in total. The zero-order chi connectivity index (χ0) is 12.3. The Kier molecular flexibility index (Phi) is 3.85. The number of nitrogens with zero attached hydrogens (tertiary/aromatic N) is 2. The predicted octanol–water partition coefficient (Wildman–Crippen LogP) is 1.53. The van der Waals surface area contributed by atoms with Crippen molar-refractivity contribution < 1.29 is 4.79 Å². The Bertz CT molecular complexity index is 369. The monoisotopic (exact) mass is 242 g/mol. The number of aromatic nitrogens is 2. The molecule has 0 saturated heterocycles. The van der Waals surface area contributed by atoms with Crippen molar-refractivity contribution in [3.05, 3.63) is 5.01 Å². The Morgan fingerprint density at radius 1 is 1.50 bits per heavy atom. The van der Waals surface area contributed by atoms with Gasteiger partial charge in [-0.1, -0.05) is 39.0 Å². The molecule has 1 rings (SSSR count). The molecule has 0 saturated carbocycles. The second kappa shape index (κ2) is 4.78. The summed E-state index contributed by atoms with van der Waals surface area (Å²) in [6.07, 6.45) is 0. The van der Waals surface area contributed by atoms with Gasteiger partial charge in [0.15, 0.2) is 0 Å². The molecule has 0 aliphatic carbocycles. The quantitative estimate of drug-likeness (QED) is 0.842. The van der Waals surface area contributed by atoms with Crippen LogP contribution in [0.1, 0.15) is 37.5 Å². The van der Waals surface area contributed by atoms with Crippen molar-refractivity contribution in [3.63, 3.8) is 0 Å². The van der Waals surface area contributed by atoms with Crippen LogP contribution >= 0.6 is 11.3 Å². The number of rotatable bonds is 3. The molecule has 0 aliphatic heterocycles. The number of hydrogen-bond donors (Lipinski definition) is 2. The predicted molar refractivity (Wildman–Crippen MR) is 65.3 cm³/mol. The summed E-state index contributed by atoms with van der Waals surface area (Å²) in [5.41, 5.74) is 5.58. The van der Waals surface area contributed by atoms with E-state index in [0.29, 0.717) is 22.6 Å². The van der Waals surface area contributed by atoms with Crippen molar-refractivity contribution in [3.8, 4) is 0 Å². The second-order valence-corrected chi connectivity index (χ2v) is 5.93. The first-order valence-electron chi connectivity index (χ1n) is 5.18. The van der Waals surface area contributed by atoms with Gasteiger partial charge in [0.1, 0.15) is 0 Å². The SMILES string of the molecule is CC(CNC(=O)c1nnc(N)s1)C(C)(C)C. The molecule has 1 aromatic rings. The van der Waals surface area contributed by atoms with Gasteiger partial charge in [-0.3, -0.25) is 4.79 Å². The Morgan fingerprint density at radius 2 is 2.12 bits per heavy atom. The van der Waals surface area contributed by atoms with Crippen molar-refractivity contribution in [2.24, 2.45) is 11.3 Å². The molecule has 0 radical (unpaired) electrons. The zero-order valence-corrected chi connectivity index (χ0v) is 10.9. The third-order valence-corrected chi connectivity index (χ3v) is 3.43. The summed E-state index contributed by atoms with van der Waals surface area (Å²) in [7, 11) is 0. The van der Waals surface area contributed by atoms with Crippen LogP contribution in [0.15, 0.2) is 0 Å². The van der Waals surface area contributed by atoms with Gasteiger partial charge >= 0.3 is 0 Å². The number of anilines is 1. The van der Waals surface area contributed by atoms with Crippen LogP contribution in [-0.2, 0) is 0 Å². The molecule has 1 amide bonds. The van der Waals surface area contributed by atoms with Gasteiger partial charge in [-0.25, -0.2) is 0 Å². The van der Waals surface area contributed by atoms with Crippen LogP contribution in [0, 0.1) is 11.3 Å². The molecule has 6 heteroatoms. The number of nitrogens with one attached hydrogen (secondary N) is 1. The molecule has 0 bridgehead atoms. The average molecular weight is 242 g/mol. The summed E-state index contributed by atoms with van der Waals surface area (Å²) >= 11 is 1.10. The highest BCUT2D eigenvalue weighted by Gasteiger charge is 2.21. The van der Waals surface area contributed by atoms with E-state index in [1.165, 1.54) is 0 Å². The lowest BCUT2D eigenvalue weighted by molar-refractivity contribution is 0.0936. The first kappa shape index (κ1) is 12.9. The minimum atomic E-state index is -0.203. The summed E-state index contributed by atoms with van der Waals surface area (Å²) < 4.78 is 0. The van der Waals surface area contributed by atoms with Gasteiger partial charge < -0.3 is 11.1 Å². The first-order chi connectivity index (χ1) is 7.30. The molecule has 0 aliphatic rings. The molecular formula is C10H18N4OS. The van der Waals surface area contributed by atoms with Crippen molar-refractivity contribution in [1.82, 2.24) is 15.5 Å². The molecule has 1 heterocycles. The number of amides is 1. The van der Waals surface area contributed by atoms with Crippen LogP contribution in [0.25, 0.3) is 0 Å². The van der Waals surface area contributed by atoms with E-state index in [2.05, 4.69) is 43.2 Å². The van der Waals surface area contributed by atoms with Gasteiger partial charge in [0.2, 0.25) is 10.1 Å². The maximum Gasteiger partial charge on any atom is 0.282 e. The second-order valence-electron chi connectivity index (χ2n) is 4.92. The van der Waals surface area contributed by atoms with E-state index in [-0.39, 0.29) is 11.3 Å². The Hall–Kier alpha value is -1.17. The molecule has 0 aromatic carbocycles. The molecule has 0 fully saturated rings. The maximum atomic E-state index is 11.6. The normalized spacial score (nSPS) is 13.5. The largest absolute Gasteiger partial charge is 0.374 e. The third kappa shape index (κ3) is 3.44. The van der Waals surface area contributed by atoms with Crippen molar-refractivity contribution >= 4 is 22.4 Å². The minimum absolute atomic E-state index is 0.174. The lowest BCUT2D eigenvalue weighted by atomic mass is 9.82. The molecule has 3 N–H and O–H groups in total. The lowest BCUT2D eigenvalue weighted by Gasteiger charge is -2.27. The van der Waals surface area contributed by atoms with Crippen LogP contribution < -0.4 is 11.1 Å². The fraction of sp³-hybridized carbons (Fsp3) is 0.700. The van der Waals surface area contributed by atoms with Crippen LogP contribution in [0.3, 0.4) is 0 Å². The van der Waals surface area contributed by atoms with Gasteiger partial charge in [-0.05, 0) is 11.3 Å². The van der Waals surface area contributed by atoms with Crippen molar-refractivity contribution in [2.45, 2.75) is 27.7 Å². The molecule has 1 unspecified atom stereocenters. The smallest absolute Gasteiger partial charge is 0.282 e. The number of hydrogen-bond acceptors (Lipinski definition) is 5. The van der Waals surface area contributed by atoms with Crippen LogP contribution in [-0.4, -0.2) is 22.6 Å². The highest BCUT2D eigenvalue weighted by atomic mass is 32.1. The topological polar surface area (TPSA) is 80.9 Å². The van der Waals surface area contributed by atoms with Crippen LogP contribution in [0.2, 0.25) is 0 Å². The van der Waals surface area contributed by atoms with E-state index >= 15 is 0 Å². The van der Waals surface area contributed by atoms with E-state index in [0.717, 1.165) is 11.3 Å². The standard InChI is InChI=1S/C10H18N4OS/c1-6(10(2,3)4)5-12-7(15)8-13-14-9(11)16-8/h6H,5H2,1-4H3,(H2,11,14)(H,12,15). The van der Waals surface area contributed by atoms with Gasteiger partial charge in [0.05, 0.1) is 0 Å². The van der Waals surface area contributed by atoms with Crippen molar-refractivity contribution in [1.29, 1.82) is 0 Å². The maximum absolute atomic E-state index is 11.6. The highest BCUT2D eigenvalue weighted by molar-refractivity contribution is 7.16. The fourth-order valence-electron chi connectivity index (χ4n) is 0.954. The summed E-state index contributed by atoms with van der Waals surface area (Å²) in [5.74, 6) is 0.187. The van der Waals surface area contributed by atoms with E-state index < -0.39 is 0 Å². The van der Waals surface area contributed by atoms with Gasteiger partial charge in [0.25, 0.3) is 5.91 Å². The Labute approximate surface area is 99.5 Å². The van der Waals surface area contributed by atoms with Crippen LogP contribution in [0.5, 0.6) is 0 Å². The van der Waals surface area contributed by atoms with E-state index in [1.54, 1.807) is 0 Å².